The molecule has 2 rings (SSSR count). The molecule has 0 spiro atoms. The molecule has 0 aliphatic carbocycles. The minimum absolute atomic E-state index is 0.892. The van der Waals surface area contributed by atoms with Crippen LogP contribution in [0.25, 0.3) is 0 Å². The van der Waals surface area contributed by atoms with E-state index in [1.165, 1.54) is 22.3 Å². The fraction of sp³-hybridized carbons (Fsp3) is 0.294. The van der Waals surface area contributed by atoms with Crippen molar-refractivity contribution < 1.29 is 0 Å². The third-order valence-electron chi connectivity index (χ3n) is 3.36. The van der Waals surface area contributed by atoms with Gasteiger partial charge in [-0.3, -0.25) is 0 Å². The molecule has 2 heteroatoms. The van der Waals surface area contributed by atoms with E-state index in [4.69, 9.17) is 0 Å². The third-order valence-corrected chi connectivity index (χ3v) is 3.36. The molecule has 19 heavy (non-hydrogen) atoms. The Morgan fingerprint density at radius 3 is 2.58 bits per heavy atom. The molecule has 2 N–H and O–H groups in total. The van der Waals surface area contributed by atoms with Crippen LogP contribution in [0.3, 0.4) is 0 Å². The summed E-state index contributed by atoms with van der Waals surface area (Å²) in [5.41, 5.74) is 6.51. The average Bonchev–Trinajstić information content (AvgIpc) is 2.43. The van der Waals surface area contributed by atoms with Crippen molar-refractivity contribution in [3.63, 3.8) is 0 Å². The lowest BCUT2D eigenvalue weighted by Crippen LogP contribution is -2.13. The molecule has 0 radical (unpaired) electrons. The van der Waals surface area contributed by atoms with Crippen molar-refractivity contribution in [3.8, 4) is 0 Å². The number of benzene rings is 2. The molecule has 0 atom stereocenters. The van der Waals surface area contributed by atoms with E-state index in [1.807, 2.05) is 7.05 Å². The Morgan fingerprint density at radius 2 is 1.79 bits per heavy atom. The van der Waals surface area contributed by atoms with Crippen LogP contribution >= 0.6 is 0 Å². The lowest BCUT2D eigenvalue weighted by Gasteiger charge is -2.10. The molecule has 0 saturated carbocycles. The minimum Gasteiger partial charge on any atom is -0.388 e. The first-order valence-corrected chi connectivity index (χ1v) is 6.72. The van der Waals surface area contributed by atoms with Crippen molar-refractivity contribution in [2.24, 2.45) is 0 Å². The smallest absolute Gasteiger partial charge is 0.0340 e. The summed E-state index contributed by atoms with van der Waals surface area (Å²) in [5, 5.41) is 6.67. The normalized spacial score (nSPS) is 10.5. The van der Waals surface area contributed by atoms with Gasteiger partial charge in [-0.1, -0.05) is 35.9 Å². The van der Waals surface area contributed by atoms with Crippen molar-refractivity contribution in [2.45, 2.75) is 26.9 Å². The highest BCUT2D eigenvalue weighted by atomic mass is 14.9. The molecule has 0 amide bonds. The molecule has 0 unspecified atom stereocenters. The molecule has 0 aliphatic heterocycles. The SMILES string of the molecule is CNc1cccc(CNCc2cc(C)ccc2C)c1. The monoisotopic (exact) mass is 254 g/mol. The number of anilines is 1. The van der Waals surface area contributed by atoms with Crippen LogP contribution in [-0.2, 0) is 13.1 Å². The second-order valence-corrected chi connectivity index (χ2v) is 4.98. The number of rotatable bonds is 5. The van der Waals surface area contributed by atoms with Crippen LogP contribution in [-0.4, -0.2) is 7.05 Å². The zero-order valence-electron chi connectivity index (χ0n) is 12.0. The van der Waals surface area contributed by atoms with Gasteiger partial charge in [0.05, 0.1) is 0 Å². The topological polar surface area (TPSA) is 24.1 Å². The van der Waals surface area contributed by atoms with Gasteiger partial charge in [0.2, 0.25) is 0 Å². The molecule has 0 fully saturated rings. The third kappa shape index (κ3) is 3.83. The summed E-state index contributed by atoms with van der Waals surface area (Å²) < 4.78 is 0. The van der Waals surface area contributed by atoms with Crippen LogP contribution in [0.1, 0.15) is 22.3 Å². The number of nitrogens with one attached hydrogen (secondary N) is 2. The van der Waals surface area contributed by atoms with E-state index in [-0.39, 0.29) is 0 Å². The maximum absolute atomic E-state index is 3.51. The van der Waals surface area contributed by atoms with Gasteiger partial charge >= 0.3 is 0 Å². The van der Waals surface area contributed by atoms with Gasteiger partial charge in [0.15, 0.2) is 0 Å². The summed E-state index contributed by atoms with van der Waals surface area (Å²) >= 11 is 0. The number of hydrogen-bond acceptors (Lipinski definition) is 2. The Morgan fingerprint density at radius 1 is 0.947 bits per heavy atom. The predicted molar refractivity (Wildman–Crippen MR) is 82.4 cm³/mol. The van der Waals surface area contributed by atoms with Crippen LogP contribution < -0.4 is 10.6 Å². The Hall–Kier alpha value is -1.80. The van der Waals surface area contributed by atoms with Gasteiger partial charge in [0.1, 0.15) is 0 Å². The molecule has 100 valence electrons. The molecular formula is C17H22N2. The summed E-state index contributed by atoms with van der Waals surface area (Å²) in [6.45, 7) is 6.11. The lowest BCUT2D eigenvalue weighted by atomic mass is 10.1. The Labute approximate surface area is 115 Å². The first kappa shape index (κ1) is 13.6. The number of hydrogen-bond donors (Lipinski definition) is 2. The molecular weight excluding hydrogens is 232 g/mol. The van der Waals surface area contributed by atoms with Crippen molar-refractivity contribution >= 4 is 5.69 Å². The zero-order valence-corrected chi connectivity index (χ0v) is 12.0. The Bertz CT molecular complexity index is 547. The molecule has 0 heterocycles. The molecule has 0 bridgehead atoms. The molecule has 2 aromatic rings. The molecule has 0 aromatic heterocycles. The van der Waals surface area contributed by atoms with E-state index in [1.54, 1.807) is 0 Å². The summed E-state index contributed by atoms with van der Waals surface area (Å²) in [7, 11) is 1.95. The maximum atomic E-state index is 3.51. The van der Waals surface area contributed by atoms with Gasteiger partial charge < -0.3 is 10.6 Å². The summed E-state index contributed by atoms with van der Waals surface area (Å²) in [4.78, 5) is 0. The van der Waals surface area contributed by atoms with Gasteiger partial charge in [-0.15, -0.1) is 0 Å². The van der Waals surface area contributed by atoms with Gasteiger partial charge in [-0.2, -0.15) is 0 Å². The van der Waals surface area contributed by atoms with Gasteiger partial charge in [0, 0.05) is 25.8 Å². The van der Waals surface area contributed by atoms with Gasteiger partial charge in [-0.05, 0) is 42.7 Å². The van der Waals surface area contributed by atoms with E-state index >= 15 is 0 Å². The van der Waals surface area contributed by atoms with E-state index in [9.17, 15) is 0 Å². The fourth-order valence-corrected chi connectivity index (χ4v) is 2.17. The molecule has 0 saturated heterocycles. The second kappa shape index (κ2) is 6.39. The first-order valence-electron chi connectivity index (χ1n) is 6.72. The van der Waals surface area contributed by atoms with E-state index < -0.39 is 0 Å². The maximum Gasteiger partial charge on any atom is 0.0340 e. The fourth-order valence-electron chi connectivity index (χ4n) is 2.17. The minimum atomic E-state index is 0.892. The van der Waals surface area contributed by atoms with Crippen LogP contribution in [0.4, 0.5) is 5.69 Å². The van der Waals surface area contributed by atoms with Crippen molar-refractivity contribution in [1.29, 1.82) is 0 Å². The average molecular weight is 254 g/mol. The second-order valence-electron chi connectivity index (χ2n) is 4.98. The highest BCUT2D eigenvalue weighted by Gasteiger charge is 1.99. The van der Waals surface area contributed by atoms with E-state index in [2.05, 4.69) is 66.9 Å². The molecule has 0 aliphatic rings. The standard InChI is InChI=1S/C17H22N2/c1-13-7-8-14(2)16(9-13)12-19-11-15-5-4-6-17(10-15)18-3/h4-10,18-19H,11-12H2,1-3H3. The van der Waals surface area contributed by atoms with Crippen molar-refractivity contribution in [3.05, 3.63) is 64.7 Å². The van der Waals surface area contributed by atoms with E-state index in [0.29, 0.717) is 0 Å². The summed E-state index contributed by atoms with van der Waals surface area (Å²) in [6, 6.07) is 15.1. The van der Waals surface area contributed by atoms with E-state index in [0.717, 1.165) is 18.8 Å². The van der Waals surface area contributed by atoms with Crippen molar-refractivity contribution in [2.75, 3.05) is 12.4 Å². The van der Waals surface area contributed by atoms with Crippen LogP contribution in [0.5, 0.6) is 0 Å². The summed E-state index contributed by atoms with van der Waals surface area (Å²) in [6.07, 6.45) is 0. The van der Waals surface area contributed by atoms with Crippen LogP contribution in [0, 0.1) is 13.8 Å². The van der Waals surface area contributed by atoms with Crippen LogP contribution in [0.15, 0.2) is 42.5 Å². The highest BCUT2D eigenvalue weighted by Crippen LogP contribution is 2.12. The highest BCUT2D eigenvalue weighted by molar-refractivity contribution is 5.45. The van der Waals surface area contributed by atoms with Crippen molar-refractivity contribution in [1.82, 2.24) is 5.32 Å². The zero-order chi connectivity index (χ0) is 13.7. The molecule has 2 nitrogen and oxygen atoms in total. The predicted octanol–water partition coefficient (Wildman–Crippen LogP) is 3.63. The van der Waals surface area contributed by atoms with Gasteiger partial charge in [0.25, 0.3) is 0 Å². The Balaban J connectivity index is 1.94. The number of aryl methyl sites for hydroxylation is 2. The summed E-state index contributed by atoms with van der Waals surface area (Å²) in [5.74, 6) is 0. The lowest BCUT2D eigenvalue weighted by molar-refractivity contribution is 0.690. The Kier molecular flexibility index (Phi) is 4.58. The molecule has 2 aromatic carbocycles. The van der Waals surface area contributed by atoms with Gasteiger partial charge in [-0.25, -0.2) is 0 Å². The van der Waals surface area contributed by atoms with Crippen LogP contribution in [0.2, 0.25) is 0 Å². The largest absolute Gasteiger partial charge is 0.388 e. The first-order chi connectivity index (χ1) is 9.19. The quantitative estimate of drug-likeness (QED) is 0.851.